The molecule has 94 valence electrons. The van der Waals surface area contributed by atoms with Gasteiger partial charge in [-0.05, 0) is 30.5 Å². The first kappa shape index (κ1) is 12.6. The fourth-order valence-electron chi connectivity index (χ4n) is 2.36. The van der Waals surface area contributed by atoms with Crippen molar-refractivity contribution in [1.29, 1.82) is 0 Å². The second kappa shape index (κ2) is 6.15. The summed E-state index contributed by atoms with van der Waals surface area (Å²) in [6.07, 6.45) is 3.08. The van der Waals surface area contributed by atoms with Crippen molar-refractivity contribution < 1.29 is 9.84 Å². The molecule has 17 heavy (non-hydrogen) atoms. The van der Waals surface area contributed by atoms with E-state index in [0.717, 1.165) is 24.1 Å². The van der Waals surface area contributed by atoms with Crippen LogP contribution in [-0.2, 0) is 11.3 Å². The number of aliphatic hydroxyl groups is 1. The van der Waals surface area contributed by atoms with Gasteiger partial charge in [0.1, 0.15) is 0 Å². The van der Waals surface area contributed by atoms with Crippen molar-refractivity contribution in [3.63, 3.8) is 0 Å². The van der Waals surface area contributed by atoms with Crippen molar-refractivity contribution in [2.24, 2.45) is 0 Å². The Labute approximate surface area is 103 Å². The Hall–Kier alpha value is -0.900. The normalized spacial score (nSPS) is 22.4. The highest BCUT2D eigenvalue weighted by molar-refractivity contribution is 5.24. The Morgan fingerprint density at radius 3 is 2.71 bits per heavy atom. The largest absolute Gasteiger partial charge is 0.387 e. The molecule has 1 fully saturated rings. The molecule has 0 bridgehead atoms. The summed E-state index contributed by atoms with van der Waals surface area (Å²) in [5, 5.41) is 13.7. The second-order valence-corrected chi connectivity index (χ2v) is 4.68. The van der Waals surface area contributed by atoms with Crippen LogP contribution in [-0.4, -0.2) is 24.8 Å². The average Bonchev–Trinajstić information content (AvgIpc) is 2.40. The first-order valence-corrected chi connectivity index (χ1v) is 6.30. The van der Waals surface area contributed by atoms with Gasteiger partial charge in [0.25, 0.3) is 0 Å². The van der Waals surface area contributed by atoms with E-state index >= 15 is 0 Å². The first-order valence-electron chi connectivity index (χ1n) is 6.30. The van der Waals surface area contributed by atoms with E-state index in [1.807, 2.05) is 24.3 Å². The van der Waals surface area contributed by atoms with Gasteiger partial charge >= 0.3 is 0 Å². The summed E-state index contributed by atoms with van der Waals surface area (Å²) in [6, 6.07) is 8.23. The monoisotopic (exact) mass is 235 g/mol. The highest BCUT2D eigenvalue weighted by atomic mass is 16.5. The topological polar surface area (TPSA) is 41.5 Å². The Balaban J connectivity index is 2.00. The zero-order valence-corrected chi connectivity index (χ0v) is 10.4. The number of hydrogen-bond acceptors (Lipinski definition) is 3. The molecule has 0 spiro atoms. The van der Waals surface area contributed by atoms with E-state index in [4.69, 9.17) is 4.74 Å². The maximum Gasteiger partial charge on any atom is 0.0942 e. The molecule has 2 unspecified atom stereocenters. The van der Waals surface area contributed by atoms with Crippen LogP contribution in [0.4, 0.5) is 0 Å². The Morgan fingerprint density at radius 2 is 2.12 bits per heavy atom. The molecule has 0 radical (unpaired) electrons. The third-order valence-corrected chi connectivity index (χ3v) is 3.36. The molecule has 1 aliphatic rings. The van der Waals surface area contributed by atoms with Gasteiger partial charge in [0.2, 0.25) is 0 Å². The van der Waals surface area contributed by atoms with Gasteiger partial charge in [0.05, 0.1) is 12.7 Å². The van der Waals surface area contributed by atoms with E-state index in [0.29, 0.717) is 6.61 Å². The molecule has 2 rings (SSSR count). The van der Waals surface area contributed by atoms with Crippen molar-refractivity contribution >= 4 is 0 Å². The zero-order valence-electron chi connectivity index (χ0n) is 10.4. The molecule has 2 atom stereocenters. The maximum atomic E-state index is 10.3. The predicted molar refractivity (Wildman–Crippen MR) is 67.8 cm³/mol. The molecule has 3 heteroatoms. The summed E-state index contributed by atoms with van der Waals surface area (Å²) in [4.78, 5) is 0. The quantitative estimate of drug-likeness (QED) is 0.839. The standard InChI is InChI=1S/C14H21NO2/c1-17-10-11-5-7-12(8-6-11)14(16)13-4-2-3-9-15-13/h5-8,13-16H,2-4,9-10H2,1H3. The van der Waals surface area contributed by atoms with Crippen LogP contribution in [0.2, 0.25) is 0 Å². The van der Waals surface area contributed by atoms with Gasteiger partial charge in [-0.15, -0.1) is 0 Å². The van der Waals surface area contributed by atoms with E-state index in [-0.39, 0.29) is 6.04 Å². The number of methoxy groups -OCH3 is 1. The molecule has 2 N–H and O–H groups in total. The molecule has 0 aromatic heterocycles. The second-order valence-electron chi connectivity index (χ2n) is 4.68. The Bertz CT molecular complexity index is 331. The fourth-order valence-corrected chi connectivity index (χ4v) is 2.36. The number of rotatable bonds is 4. The first-order chi connectivity index (χ1) is 8.31. The summed E-state index contributed by atoms with van der Waals surface area (Å²) in [5.41, 5.74) is 2.13. The lowest BCUT2D eigenvalue weighted by atomic mass is 9.94. The van der Waals surface area contributed by atoms with Gasteiger partial charge < -0.3 is 15.2 Å². The minimum Gasteiger partial charge on any atom is -0.387 e. The summed E-state index contributed by atoms with van der Waals surface area (Å²) in [5.74, 6) is 0. The minimum absolute atomic E-state index is 0.206. The Kier molecular flexibility index (Phi) is 4.54. The molecule has 1 aliphatic heterocycles. The van der Waals surface area contributed by atoms with Crippen molar-refractivity contribution in [2.45, 2.75) is 38.0 Å². The minimum atomic E-state index is -0.396. The van der Waals surface area contributed by atoms with Crippen LogP contribution in [0.25, 0.3) is 0 Å². The van der Waals surface area contributed by atoms with Gasteiger partial charge in [0, 0.05) is 13.2 Å². The summed E-state index contributed by atoms with van der Waals surface area (Å²) >= 11 is 0. The number of aliphatic hydroxyl groups excluding tert-OH is 1. The molecule has 1 aromatic rings. The number of nitrogens with one attached hydrogen (secondary N) is 1. The summed E-state index contributed by atoms with van der Waals surface area (Å²) in [7, 11) is 1.69. The highest BCUT2D eigenvalue weighted by Gasteiger charge is 2.22. The van der Waals surface area contributed by atoms with E-state index in [9.17, 15) is 5.11 Å². The maximum absolute atomic E-state index is 10.3. The lowest BCUT2D eigenvalue weighted by molar-refractivity contribution is 0.114. The molecule has 3 nitrogen and oxygen atoms in total. The molecule has 1 aromatic carbocycles. The van der Waals surface area contributed by atoms with Crippen LogP contribution >= 0.6 is 0 Å². The van der Waals surface area contributed by atoms with Crippen molar-refractivity contribution in [1.82, 2.24) is 5.32 Å². The smallest absolute Gasteiger partial charge is 0.0942 e. The van der Waals surface area contributed by atoms with Crippen molar-refractivity contribution in [3.8, 4) is 0 Å². The highest BCUT2D eigenvalue weighted by Crippen LogP contribution is 2.23. The molecular formula is C14H21NO2. The third-order valence-electron chi connectivity index (χ3n) is 3.36. The van der Waals surface area contributed by atoms with Crippen LogP contribution in [0.5, 0.6) is 0 Å². The van der Waals surface area contributed by atoms with Crippen LogP contribution < -0.4 is 5.32 Å². The van der Waals surface area contributed by atoms with Crippen molar-refractivity contribution in [3.05, 3.63) is 35.4 Å². The van der Waals surface area contributed by atoms with Gasteiger partial charge in [0.15, 0.2) is 0 Å². The average molecular weight is 235 g/mol. The molecule has 1 heterocycles. The van der Waals surface area contributed by atoms with Gasteiger partial charge in [-0.3, -0.25) is 0 Å². The molecule has 0 saturated carbocycles. The lowest BCUT2D eigenvalue weighted by Crippen LogP contribution is -2.38. The van der Waals surface area contributed by atoms with E-state index < -0.39 is 6.10 Å². The van der Waals surface area contributed by atoms with Crippen LogP contribution in [0, 0.1) is 0 Å². The number of hydrogen-bond donors (Lipinski definition) is 2. The van der Waals surface area contributed by atoms with Crippen molar-refractivity contribution in [2.75, 3.05) is 13.7 Å². The number of piperidine rings is 1. The zero-order chi connectivity index (χ0) is 12.1. The SMILES string of the molecule is COCc1ccc(C(O)C2CCCCN2)cc1. The van der Waals surface area contributed by atoms with E-state index in [1.54, 1.807) is 7.11 Å². The van der Waals surface area contributed by atoms with Gasteiger partial charge in [-0.2, -0.15) is 0 Å². The van der Waals surface area contributed by atoms with Gasteiger partial charge in [-0.1, -0.05) is 30.7 Å². The summed E-state index contributed by atoms with van der Waals surface area (Å²) < 4.78 is 5.07. The number of ether oxygens (including phenoxy) is 1. The fraction of sp³-hybridized carbons (Fsp3) is 0.571. The predicted octanol–water partition coefficient (Wildman–Crippen LogP) is 2.01. The van der Waals surface area contributed by atoms with E-state index in [1.165, 1.54) is 12.8 Å². The lowest BCUT2D eigenvalue weighted by Gasteiger charge is -2.28. The van der Waals surface area contributed by atoms with E-state index in [2.05, 4.69) is 5.32 Å². The third kappa shape index (κ3) is 3.28. The van der Waals surface area contributed by atoms with Crippen LogP contribution in [0.15, 0.2) is 24.3 Å². The molecule has 1 saturated heterocycles. The van der Waals surface area contributed by atoms with Crippen LogP contribution in [0.1, 0.15) is 36.5 Å². The van der Waals surface area contributed by atoms with Crippen LogP contribution in [0.3, 0.4) is 0 Å². The Morgan fingerprint density at radius 1 is 1.35 bits per heavy atom. The molecule has 0 aliphatic carbocycles. The molecular weight excluding hydrogens is 214 g/mol. The number of benzene rings is 1. The van der Waals surface area contributed by atoms with Gasteiger partial charge in [-0.25, -0.2) is 0 Å². The molecule has 0 amide bonds. The summed E-state index contributed by atoms with van der Waals surface area (Å²) in [6.45, 7) is 1.64.